The van der Waals surface area contributed by atoms with Gasteiger partial charge in [-0.05, 0) is 62.0 Å². The van der Waals surface area contributed by atoms with Crippen LogP contribution in [0.3, 0.4) is 0 Å². The molecule has 0 radical (unpaired) electrons. The number of pyridine rings is 1. The molecule has 1 N–H and O–H groups in total. The maximum atomic E-state index is 12.4. The van der Waals surface area contributed by atoms with Gasteiger partial charge in [0.2, 0.25) is 5.91 Å². The van der Waals surface area contributed by atoms with Crippen LogP contribution in [0, 0.1) is 5.92 Å². The largest absolute Gasteiger partial charge is 0.472 e. The molecule has 2 aromatic rings. The second-order valence-corrected chi connectivity index (χ2v) is 6.93. The number of aromatic nitrogens is 1. The molecule has 3 aliphatic rings. The van der Waals surface area contributed by atoms with Gasteiger partial charge in [0.1, 0.15) is 0 Å². The fourth-order valence-corrected chi connectivity index (χ4v) is 4.14. The van der Waals surface area contributed by atoms with E-state index in [1.165, 1.54) is 18.4 Å². The summed E-state index contributed by atoms with van der Waals surface area (Å²) in [5.41, 5.74) is 2.13. The highest BCUT2D eigenvalue weighted by atomic mass is 16.3. The second-order valence-electron chi connectivity index (χ2n) is 6.93. The normalized spacial score (nSPS) is 28.3. The van der Waals surface area contributed by atoms with Crippen LogP contribution < -0.4 is 5.32 Å². The zero-order chi connectivity index (χ0) is 17.1. The van der Waals surface area contributed by atoms with Crippen molar-refractivity contribution in [2.24, 2.45) is 5.92 Å². The van der Waals surface area contributed by atoms with E-state index in [4.69, 9.17) is 4.42 Å². The summed E-state index contributed by atoms with van der Waals surface area (Å²) in [5, 5.41) is 3.26. The van der Waals surface area contributed by atoms with Crippen LogP contribution in [0.15, 0.2) is 53.6 Å². The first-order valence-electron chi connectivity index (χ1n) is 8.93. The second kappa shape index (κ2) is 7.23. The molecule has 25 heavy (non-hydrogen) atoms. The number of hydrogen-bond acceptors (Lipinski definition) is 4. The highest BCUT2D eigenvalue weighted by molar-refractivity contribution is 5.91. The Bertz CT molecular complexity index is 719. The number of fused-ring (bicyclic) bond motifs is 3. The van der Waals surface area contributed by atoms with E-state index in [0.29, 0.717) is 12.0 Å². The quantitative estimate of drug-likeness (QED) is 0.852. The highest BCUT2D eigenvalue weighted by Crippen LogP contribution is 2.33. The topological polar surface area (TPSA) is 58.4 Å². The third-order valence-corrected chi connectivity index (χ3v) is 5.41. The van der Waals surface area contributed by atoms with Crippen molar-refractivity contribution in [3.05, 3.63) is 60.3 Å². The van der Waals surface area contributed by atoms with Crippen molar-refractivity contribution < 1.29 is 9.21 Å². The number of piperidine rings is 3. The standard InChI is InChI=1S/C20H23N3O2/c24-19(4-3-15-7-11-25-14-15)22-20-17-5-9-23(10-6-17)18(20)12-16-2-1-8-21-13-16/h1-4,7-8,11,13-14,17-18,20H,5-6,9-10,12H2,(H,22,24). The minimum Gasteiger partial charge on any atom is -0.472 e. The summed E-state index contributed by atoms with van der Waals surface area (Å²) in [4.78, 5) is 19.2. The Hall–Kier alpha value is -2.40. The predicted octanol–water partition coefficient (Wildman–Crippen LogP) is 2.51. The number of nitrogens with one attached hydrogen (secondary N) is 1. The van der Waals surface area contributed by atoms with Crippen LogP contribution >= 0.6 is 0 Å². The number of carbonyl (C=O) groups excluding carboxylic acids is 1. The summed E-state index contributed by atoms with van der Waals surface area (Å²) >= 11 is 0. The lowest BCUT2D eigenvalue weighted by Crippen LogP contribution is -2.64. The summed E-state index contributed by atoms with van der Waals surface area (Å²) < 4.78 is 5.02. The molecule has 5 heterocycles. The van der Waals surface area contributed by atoms with Crippen molar-refractivity contribution in [3.8, 4) is 0 Å². The van der Waals surface area contributed by atoms with Gasteiger partial charge in [-0.15, -0.1) is 0 Å². The van der Waals surface area contributed by atoms with E-state index in [9.17, 15) is 4.79 Å². The summed E-state index contributed by atoms with van der Waals surface area (Å²) in [5.74, 6) is 0.536. The van der Waals surface area contributed by atoms with Crippen LogP contribution in [0.4, 0.5) is 0 Å². The zero-order valence-electron chi connectivity index (χ0n) is 14.2. The smallest absolute Gasteiger partial charge is 0.244 e. The van der Waals surface area contributed by atoms with E-state index >= 15 is 0 Å². The van der Waals surface area contributed by atoms with E-state index in [1.807, 2.05) is 18.3 Å². The molecule has 1 amide bonds. The molecular weight excluding hydrogens is 314 g/mol. The predicted molar refractivity (Wildman–Crippen MR) is 95.7 cm³/mol. The van der Waals surface area contributed by atoms with E-state index in [0.717, 1.165) is 25.1 Å². The van der Waals surface area contributed by atoms with E-state index in [2.05, 4.69) is 21.3 Å². The van der Waals surface area contributed by atoms with Gasteiger partial charge in [-0.2, -0.15) is 0 Å². The van der Waals surface area contributed by atoms with Gasteiger partial charge in [0.05, 0.1) is 12.5 Å². The number of nitrogens with zero attached hydrogens (tertiary/aromatic N) is 2. The first-order valence-corrected chi connectivity index (χ1v) is 8.93. The molecule has 0 aliphatic carbocycles. The fraction of sp³-hybridized carbons (Fsp3) is 0.400. The SMILES string of the molecule is O=C(C=Cc1ccoc1)NC1C2CCN(CC2)C1Cc1cccnc1. The molecule has 5 rings (SSSR count). The average Bonchev–Trinajstić information content (AvgIpc) is 3.17. The molecule has 3 fully saturated rings. The minimum atomic E-state index is -0.0314. The van der Waals surface area contributed by atoms with Crippen molar-refractivity contribution in [2.75, 3.05) is 13.1 Å². The third kappa shape index (κ3) is 3.66. The molecule has 5 heteroatoms. The first-order chi connectivity index (χ1) is 12.3. The maximum Gasteiger partial charge on any atom is 0.244 e. The Morgan fingerprint density at radius 1 is 1.36 bits per heavy atom. The number of hydrogen-bond donors (Lipinski definition) is 1. The average molecular weight is 337 g/mol. The monoisotopic (exact) mass is 337 g/mol. The van der Waals surface area contributed by atoms with Gasteiger partial charge in [-0.3, -0.25) is 14.7 Å². The number of carbonyl (C=O) groups is 1. The lowest BCUT2D eigenvalue weighted by atomic mass is 9.77. The Balaban J connectivity index is 1.46. The number of furan rings is 1. The van der Waals surface area contributed by atoms with Crippen molar-refractivity contribution in [1.29, 1.82) is 0 Å². The summed E-state index contributed by atoms with van der Waals surface area (Å²) in [7, 11) is 0. The van der Waals surface area contributed by atoms with Crippen LogP contribution in [-0.2, 0) is 11.2 Å². The molecule has 5 nitrogen and oxygen atoms in total. The fourth-order valence-electron chi connectivity index (χ4n) is 4.14. The van der Waals surface area contributed by atoms with Gasteiger partial charge in [-0.25, -0.2) is 0 Å². The molecule has 3 aliphatic heterocycles. The molecule has 2 aromatic heterocycles. The summed E-state index contributed by atoms with van der Waals surface area (Å²) in [6.07, 6.45) is 13.6. The van der Waals surface area contributed by atoms with Gasteiger partial charge >= 0.3 is 0 Å². The van der Waals surface area contributed by atoms with Crippen LogP contribution in [0.5, 0.6) is 0 Å². The lowest BCUT2D eigenvalue weighted by molar-refractivity contribution is -0.119. The molecule has 3 saturated heterocycles. The molecule has 2 bridgehead atoms. The minimum absolute atomic E-state index is 0.0314. The lowest BCUT2D eigenvalue weighted by Gasteiger charge is -2.51. The van der Waals surface area contributed by atoms with Crippen molar-refractivity contribution in [1.82, 2.24) is 15.2 Å². The maximum absolute atomic E-state index is 12.4. The molecular formula is C20H23N3O2. The number of amides is 1. The Kier molecular flexibility index (Phi) is 4.65. The molecule has 0 spiro atoms. The summed E-state index contributed by atoms with van der Waals surface area (Å²) in [6, 6.07) is 6.48. The zero-order valence-corrected chi connectivity index (χ0v) is 14.2. The van der Waals surface area contributed by atoms with E-state index in [1.54, 1.807) is 30.9 Å². The van der Waals surface area contributed by atoms with E-state index < -0.39 is 0 Å². The number of rotatable bonds is 5. The molecule has 2 atom stereocenters. The van der Waals surface area contributed by atoms with Crippen molar-refractivity contribution in [3.63, 3.8) is 0 Å². The van der Waals surface area contributed by atoms with Gasteiger partial charge in [0.15, 0.2) is 0 Å². The molecule has 0 saturated carbocycles. The highest BCUT2D eigenvalue weighted by Gasteiger charge is 2.42. The molecule has 130 valence electrons. The Labute approximate surface area is 147 Å². The Morgan fingerprint density at radius 2 is 2.24 bits per heavy atom. The molecule has 2 unspecified atom stereocenters. The van der Waals surface area contributed by atoms with Crippen LogP contribution in [-0.4, -0.2) is 41.0 Å². The van der Waals surface area contributed by atoms with Gasteiger partial charge < -0.3 is 9.73 Å². The van der Waals surface area contributed by atoms with Crippen LogP contribution in [0.25, 0.3) is 6.08 Å². The summed E-state index contributed by atoms with van der Waals surface area (Å²) in [6.45, 7) is 2.26. The van der Waals surface area contributed by atoms with Gasteiger partial charge in [-0.1, -0.05) is 6.07 Å². The van der Waals surface area contributed by atoms with Gasteiger partial charge in [0, 0.05) is 36.1 Å². The molecule has 0 aromatic carbocycles. The van der Waals surface area contributed by atoms with Crippen molar-refractivity contribution in [2.45, 2.75) is 31.3 Å². The van der Waals surface area contributed by atoms with Crippen LogP contribution in [0.1, 0.15) is 24.0 Å². The Morgan fingerprint density at radius 3 is 2.96 bits per heavy atom. The van der Waals surface area contributed by atoms with Crippen molar-refractivity contribution >= 4 is 12.0 Å². The van der Waals surface area contributed by atoms with Gasteiger partial charge in [0.25, 0.3) is 0 Å². The first kappa shape index (κ1) is 16.1. The van der Waals surface area contributed by atoms with E-state index in [-0.39, 0.29) is 11.9 Å². The van der Waals surface area contributed by atoms with Crippen LogP contribution in [0.2, 0.25) is 0 Å². The third-order valence-electron chi connectivity index (χ3n) is 5.41.